The second kappa shape index (κ2) is 10.0. The topological polar surface area (TPSA) is 65.2 Å². The molecule has 4 rings (SSSR count). The van der Waals surface area contributed by atoms with Crippen LogP contribution in [0.2, 0.25) is 5.02 Å². The number of nitrogens with zero attached hydrogens (tertiary/aromatic N) is 1. The highest BCUT2D eigenvalue weighted by Crippen LogP contribution is 2.24. The average Bonchev–Trinajstić information content (AvgIpc) is 3.21. The minimum Gasteiger partial charge on any atom is -0.356 e. The van der Waals surface area contributed by atoms with Crippen molar-refractivity contribution >= 4 is 34.3 Å². The smallest absolute Gasteiger partial charge is 0.270 e. The Balaban J connectivity index is 1.19. The third-order valence-corrected chi connectivity index (χ3v) is 6.23. The zero-order chi connectivity index (χ0) is 21.6. The van der Waals surface area contributed by atoms with Gasteiger partial charge >= 0.3 is 0 Å². The number of H-pyrrole nitrogens is 1. The predicted molar refractivity (Wildman–Crippen MR) is 124 cm³/mol. The molecule has 0 bridgehead atoms. The number of carbonyl (C=O) groups is 2. The Morgan fingerprint density at radius 3 is 2.61 bits per heavy atom. The number of aromatic nitrogens is 1. The zero-order valence-electron chi connectivity index (χ0n) is 17.6. The number of hydrogen-bond acceptors (Lipinski definition) is 2. The molecule has 1 aliphatic rings. The number of hydrogen-bond donors (Lipinski definition) is 2. The summed E-state index contributed by atoms with van der Waals surface area (Å²) in [6.45, 7) is 2.07. The van der Waals surface area contributed by atoms with Gasteiger partial charge in [-0.3, -0.25) is 9.59 Å². The van der Waals surface area contributed by atoms with Crippen LogP contribution in [0.1, 0.15) is 41.7 Å². The van der Waals surface area contributed by atoms with Gasteiger partial charge in [0.15, 0.2) is 0 Å². The lowest BCUT2D eigenvalue weighted by atomic mass is 9.93. The summed E-state index contributed by atoms with van der Waals surface area (Å²) >= 11 is 6.04. The lowest BCUT2D eigenvalue weighted by molar-refractivity contribution is -0.122. The van der Waals surface area contributed by atoms with Crippen LogP contribution < -0.4 is 5.32 Å². The summed E-state index contributed by atoms with van der Waals surface area (Å²) in [5.41, 5.74) is 2.80. The Morgan fingerprint density at radius 1 is 1.06 bits per heavy atom. The Labute approximate surface area is 187 Å². The fraction of sp³-hybridized carbons (Fsp3) is 0.360. The van der Waals surface area contributed by atoms with E-state index in [9.17, 15) is 9.59 Å². The number of nitrogens with one attached hydrogen (secondary N) is 2. The summed E-state index contributed by atoms with van der Waals surface area (Å²) in [6, 6.07) is 17.7. The van der Waals surface area contributed by atoms with Gasteiger partial charge in [0.2, 0.25) is 5.91 Å². The number of aromatic amines is 1. The van der Waals surface area contributed by atoms with E-state index >= 15 is 0 Å². The van der Waals surface area contributed by atoms with E-state index in [1.165, 1.54) is 5.56 Å². The molecule has 3 aromatic rings. The number of benzene rings is 2. The summed E-state index contributed by atoms with van der Waals surface area (Å²) < 4.78 is 0. The van der Waals surface area contributed by atoms with Gasteiger partial charge < -0.3 is 15.2 Å². The fourth-order valence-electron chi connectivity index (χ4n) is 4.23. The maximum absolute atomic E-state index is 12.9. The molecule has 2 amide bonds. The monoisotopic (exact) mass is 437 g/mol. The second-order valence-electron chi connectivity index (χ2n) is 8.29. The molecule has 0 spiro atoms. The van der Waals surface area contributed by atoms with E-state index in [0.717, 1.165) is 36.6 Å². The van der Waals surface area contributed by atoms with Crippen LogP contribution >= 0.6 is 11.6 Å². The van der Waals surface area contributed by atoms with Gasteiger partial charge in [0.25, 0.3) is 5.91 Å². The number of rotatable bonds is 7. The van der Waals surface area contributed by atoms with Gasteiger partial charge in [-0.05, 0) is 61.4 Å². The number of piperidine rings is 1. The molecular weight excluding hydrogens is 410 g/mol. The largest absolute Gasteiger partial charge is 0.356 e. The summed E-state index contributed by atoms with van der Waals surface area (Å²) in [6.07, 6.45) is 4.17. The summed E-state index contributed by atoms with van der Waals surface area (Å²) in [5, 5.41) is 4.64. The van der Waals surface area contributed by atoms with Crippen LogP contribution in [0.5, 0.6) is 0 Å². The minimum absolute atomic E-state index is 0.0103. The first-order chi connectivity index (χ1) is 15.1. The Hall–Kier alpha value is -2.79. The molecule has 6 heteroatoms. The first-order valence-corrected chi connectivity index (χ1v) is 11.3. The van der Waals surface area contributed by atoms with E-state index in [-0.39, 0.29) is 11.8 Å². The summed E-state index contributed by atoms with van der Waals surface area (Å²) in [4.78, 5) is 30.2. The zero-order valence-corrected chi connectivity index (χ0v) is 18.3. The first-order valence-electron chi connectivity index (χ1n) is 11.0. The van der Waals surface area contributed by atoms with Crippen LogP contribution in [0.3, 0.4) is 0 Å². The standard InChI is InChI=1S/C25H28ClN3O2/c26-21-8-9-22-20(16-21)17-23(28-22)25(31)29-13-10-19(11-14-29)15-24(30)27-12-4-7-18-5-2-1-3-6-18/h1-3,5-6,8-9,16-17,19,28H,4,7,10-15H2,(H,27,30). The summed E-state index contributed by atoms with van der Waals surface area (Å²) in [7, 11) is 0. The van der Waals surface area contributed by atoms with Gasteiger partial charge in [-0.15, -0.1) is 0 Å². The van der Waals surface area contributed by atoms with Crippen LogP contribution in [0.15, 0.2) is 54.6 Å². The maximum Gasteiger partial charge on any atom is 0.270 e. The number of carbonyl (C=O) groups excluding carboxylic acids is 2. The Bertz CT molecular complexity index is 1040. The van der Waals surface area contributed by atoms with Gasteiger partial charge in [-0.25, -0.2) is 0 Å². The third-order valence-electron chi connectivity index (χ3n) is 6.00. The molecule has 31 heavy (non-hydrogen) atoms. The molecule has 162 valence electrons. The molecule has 1 aromatic heterocycles. The number of aryl methyl sites for hydroxylation is 1. The van der Waals surface area contributed by atoms with E-state index in [1.807, 2.05) is 47.4 Å². The van der Waals surface area contributed by atoms with Gasteiger partial charge in [0, 0.05) is 42.0 Å². The Kier molecular flexibility index (Phi) is 6.92. The van der Waals surface area contributed by atoms with E-state index < -0.39 is 0 Å². The number of halogens is 1. The van der Waals surface area contributed by atoms with Crippen LogP contribution in [0.4, 0.5) is 0 Å². The van der Waals surface area contributed by atoms with Crippen molar-refractivity contribution in [2.75, 3.05) is 19.6 Å². The van der Waals surface area contributed by atoms with Crippen molar-refractivity contribution in [1.82, 2.24) is 15.2 Å². The molecule has 0 atom stereocenters. The van der Waals surface area contributed by atoms with Crippen molar-refractivity contribution in [3.05, 3.63) is 70.9 Å². The fourth-order valence-corrected chi connectivity index (χ4v) is 4.41. The minimum atomic E-state index is 0.0103. The molecule has 1 saturated heterocycles. The summed E-state index contributed by atoms with van der Waals surface area (Å²) in [5.74, 6) is 0.459. The molecule has 0 saturated carbocycles. The molecule has 2 aromatic carbocycles. The normalized spacial score (nSPS) is 14.7. The molecule has 5 nitrogen and oxygen atoms in total. The van der Waals surface area contributed by atoms with Gasteiger partial charge in [-0.2, -0.15) is 0 Å². The van der Waals surface area contributed by atoms with Crippen molar-refractivity contribution in [2.45, 2.75) is 32.1 Å². The molecule has 0 unspecified atom stereocenters. The predicted octanol–water partition coefficient (Wildman–Crippen LogP) is 4.81. The van der Waals surface area contributed by atoms with E-state index in [2.05, 4.69) is 22.4 Å². The second-order valence-corrected chi connectivity index (χ2v) is 8.73. The highest BCUT2D eigenvalue weighted by molar-refractivity contribution is 6.31. The van der Waals surface area contributed by atoms with Crippen LogP contribution in [0.25, 0.3) is 10.9 Å². The van der Waals surface area contributed by atoms with Crippen molar-refractivity contribution in [1.29, 1.82) is 0 Å². The molecule has 0 aliphatic carbocycles. The van der Waals surface area contributed by atoms with E-state index in [4.69, 9.17) is 11.6 Å². The van der Waals surface area contributed by atoms with Crippen molar-refractivity contribution in [2.24, 2.45) is 5.92 Å². The quantitative estimate of drug-likeness (QED) is 0.521. The molecule has 2 N–H and O–H groups in total. The van der Waals surface area contributed by atoms with Gasteiger partial charge in [0.05, 0.1) is 0 Å². The lowest BCUT2D eigenvalue weighted by Gasteiger charge is -2.31. The number of fused-ring (bicyclic) bond motifs is 1. The molecule has 0 radical (unpaired) electrons. The lowest BCUT2D eigenvalue weighted by Crippen LogP contribution is -2.39. The van der Waals surface area contributed by atoms with Gasteiger partial charge in [-0.1, -0.05) is 41.9 Å². The number of likely N-dealkylation sites (tertiary alicyclic amines) is 1. The first kappa shape index (κ1) is 21.4. The highest BCUT2D eigenvalue weighted by atomic mass is 35.5. The number of amides is 2. The highest BCUT2D eigenvalue weighted by Gasteiger charge is 2.25. The van der Waals surface area contributed by atoms with E-state index in [0.29, 0.717) is 42.7 Å². The van der Waals surface area contributed by atoms with Crippen molar-refractivity contribution in [3.63, 3.8) is 0 Å². The molecular formula is C25H28ClN3O2. The average molecular weight is 438 g/mol. The van der Waals surface area contributed by atoms with Crippen LogP contribution in [-0.4, -0.2) is 41.3 Å². The molecule has 1 fully saturated rings. The Morgan fingerprint density at radius 2 is 1.84 bits per heavy atom. The van der Waals surface area contributed by atoms with Crippen molar-refractivity contribution in [3.8, 4) is 0 Å². The van der Waals surface area contributed by atoms with Crippen LogP contribution in [-0.2, 0) is 11.2 Å². The maximum atomic E-state index is 12.9. The molecule has 1 aliphatic heterocycles. The third kappa shape index (κ3) is 5.67. The van der Waals surface area contributed by atoms with Gasteiger partial charge in [0.1, 0.15) is 5.69 Å². The van der Waals surface area contributed by atoms with E-state index in [1.54, 1.807) is 0 Å². The van der Waals surface area contributed by atoms with Crippen molar-refractivity contribution < 1.29 is 9.59 Å². The SMILES string of the molecule is O=C(CC1CCN(C(=O)c2cc3cc(Cl)ccc3[nH]2)CC1)NCCCc1ccccc1. The molecule has 2 heterocycles. The van der Waals surface area contributed by atoms with Crippen LogP contribution in [0, 0.1) is 5.92 Å².